The van der Waals surface area contributed by atoms with E-state index in [1.807, 2.05) is 17.5 Å². The van der Waals surface area contributed by atoms with Crippen LogP contribution in [0.1, 0.15) is 16.5 Å². The molecule has 2 N–H and O–H groups in total. The van der Waals surface area contributed by atoms with Gasteiger partial charge in [-0.3, -0.25) is 0 Å². The Morgan fingerprint density at radius 3 is 2.59 bits per heavy atom. The van der Waals surface area contributed by atoms with Gasteiger partial charge in [-0.05, 0) is 48.2 Å². The van der Waals surface area contributed by atoms with Crippen LogP contribution in [0.25, 0.3) is 0 Å². The van der Waals surface area contributed by atoms with Crippen molar-refractivity contribution in [3.05, 3.63) is 51.2 Å². The average molecular weight is 268 g/mol. The molecule has 2 nitrogen and oxygen atoms in total. The van der Waals surface area contributed by atoms with Crippen LogP contribution in [-0.2, 0) is 0 Å². The summed E-state index contributed by atoms with van der Waals surface area (Å²) < 4.78 is 5.62. The number of halogens is 1. The summed E-state index contributed by atoms with van der Waals surface area (Å²) in [5.41, 5.74) is 7.30. The predicted molar refractivity (Wildman–Crippen MR) is 72.9 cm³/mol. The molecule has 0 fully saturated rings. The van der Waals surface area contributed by atoms with Crippen molar-refractivity contribution in [1.82, 2.24) is 0 Å². The number of benzene rings is 1. The van der Waals surface area contributed by atoms with E-state index in [1.165, 1.54) is 10.4 Å². The highest BCUT2D eigenvalue weighted by Gasteiger charge is 2.10. The van der Waals surface area contributed by atoms with Gasteiger partial charge in [0, 0.05) is 9.90 Å². The molecule has 1 aromatic heterocycles. The standard InChI is InChI=1S/C13H14ClNOS/c1-9-6-7-17-13(9)12(15)8-16-11-4-2-10(14)3-5-11/h2-7,12H,8,15H2,1H3. The van der Waals surface area contributed by atoms with Gasteiger partial charge in [-0.15, -0.1) is 11.3 Å². The Hall–Kier alpha value is -1.03. The summed E-state index contributed by atoms with van der Waals surface area (Å²) in [6, 6.07) is 9.29. The lowest BCUT2D eigenvalue weighted by atomic mass is 10.2. The first-order valence-electron chi connectivity index (χ1n) is 5.35. The minimum Gasteiger partial charge on any atom is -0.492 e. The number of ether oxygens (including phenoxy) is 1. The zero-order valence-electron chi connectivity index (χ0n) is 9.52. The zero-order valence-corrected chi connectivity index (χ0v) is 11.1. The molecule has 0 aliphatic heterocycles. The second-order valence-electron chi connectivity index (χ2n) is 3.84. The van der Waals surface area contributed by atoms with E-state index >= 15 is 0 Å². The highest BCUT2D eigenvalue weighted by Crippen LogP contribution is 2.23. The highest BCUT2D eigenvalue weighted by atomic mass is 35.5. The first kappa shape index (κ1) is 12.4. The SMILES string of the molecule is Cc1ccsc1C(N)COc1ccc(Cl)cc1. The summed E-state index contributed by atoms with van der Waals surface area (Å²) in [6.07, 6.45) is 0. The van der Waals surface area contributed by atoms with E-state index in [1.54, 1.807) is 23.5 Å². The maximum absolute atomic E-state index is 6.08. The molecule has 0 aliphatic carbocycles. The molecule has 0 saturated carbocycles. The molecule has 2 rings (SSSR count). The molecular formula is C13H14ClNOS. The third-order valence-electron chi connectivity index (χ3n) is 2.48. The van der Waals surface area contributed by atoms with Gasteiger partial charge in [0.25, 0.3) is 0 Å². The van der Waals surface area contributed by atoms with Crippen molar-refractivity contribution in [3.8, 4) is 5.75 Å². The van der Waals surface area contributed by atoms with Crippen molar-refractivity contribution in [1.29, 1.82) is 0 Å². The van der Waals surface area contributed by atoms with Crippen LogP contribution in [0.3, 0.4) is 0 Å². The first-order chi connectivity index (χ1) is 8.16. The topological polar surface area (TPSA) is 35.2 Å². The van der Waals surface area contributed by atoms with Crippen molar-refractivity contribution in [3.63, 3.8) is 0 Å². The molecule has 1 heterocycles. The predicted octanol–water partition coefficient (Wildman–Crippen LogP) is 3.79. The number of thiophene rings is 1. The minimum atomic E-state index is -0.0781. The summed E-state index contributed by atoms with van der Waals surface area (Å²) in [7, 11) is 0. The molecule has 0 radical (unpaired) electrons. The molecule has 1 aromatic carbocycles. The smallest absolute Gasteiger partial charge is 0.119 e. The van der Waals surface area contributed by atoms with E-state index in [2.05, 4.69) is 13.0 Å². The van der Waals surface area contributed by atoms with Gasteiger partial charge >= 0.3 is 0 Å². The van der Waals surface area contributed by atoms with E-state index < -0.39 is 0 Å². The summed E-state index contributed by atoms with van der Waals surface area (Å²) in [4.78, 5) is 1.18. The molecule has 4 heteroatoms. The van der Waals surface area contributed by atoms with E-state index in [9.17, 15) is 0 Å². The first-order valence-corrected chi connectivity index (χ1v) is 6.60. The van der Waals surface area contributed by atoms with Gasteiger partial charge in [0.1, 0.15) is 12.4 Å². The van der Waals surface area contributed by atoms with Crippen LogP contribution in [0.2, 0.25) is 5.02 Å². The second-order valence-corrected chi connectivity index (χ2v) is 5.22. The number of hydrogen-bond donors (Lipinski definition) is 1. The molecule has 0 spiro atoms. The fourth-order valence-corrected chi connectivity index (χ4v) is 2.60. The van der Waals surface area contributed by atoms with E-state index in [0.29, 0.717) is 11.6 Å². The Morgan fingerprint density at radius 2 is 2.00 bits per heavy atom. The molecule has 1 unspecified atom stereocenters. The zero-order chi connectivity index (χ0) is 12.3. The van der Waals surface area contributed by atoms with E-state index in [4.69, 9.17) is 22.1 Å². The highest BCUT2D eigenvalue weighted by molar-refractivity contribution is 7.10. The Labute approximate surface area is 110 Å². The monoisotopic (exact) mass is 267 g/mol. The van der Waals surface area contributed by atoms with Crippen molar-refractivity contribution in [2.45, 2.75) is 13.0 Å². The molecule has 0 amide bonds. The summed E-state index contributed by atoms with van der Waals surface area (Å²) >= 11 is 7.47. The summed E-state index contributed by atoms with van der Waals surface area (Å²) in [5.74, 6) is 0.791. The van der Waals surface area contributed by atoms with E-state index in [-0.39, 0.29) is 6.04 Å². The van der Waals surface area contributed by atoms with Crippen LogP contribution >= 0.6 is 22.9 Å². The number of aryl methyl sites for hydroxylation is 1. The largest absolute Gasteiger partial charge is 0.492 e. The second kappa shape index (κ2) is 5.54. The van der Waals surface area contributed by atoms with Gasteiger partial charge < -0.3 is 10.5 Å². The van der Waals surface area contributed by atoms with Crippen LogP contribution in [0.15, 0.2) is 35.7 Å². The average Bonchev–Trinajstić information content (AvgIpc) is 2.74. The summed E-state index contributed by atoms with van der Waals surface area (Å²) in [6.45, 7) is 2.54. The number of nitrogens with two attached hydrogens (primary N) is 1. The van der Waals surface area contributed by atoms with Crippen LogP contribution in [0.4, 0.5) is 0 Å². The Bertz CT molecular complexity index is 480. The van der Waals surface area contributed by atoms with Crippen molar-refractivity contribution in [2.24, 2.45) is 5.73 Å². The Balaban J connectivity index is 1.94. The molecule has 2 aromatic rings. The van der Waals surface area contributed by atoms with Crippen molar-refractivity contribution in [2.75, 3.05) is 6.61 Å². The number of hydrogen-bond acceptors (Lipinski definition) is 3. The molecule has 0 saturated heterocycles. The third kappa shape index (κ3) is 3.22. The van der Waals surface area contributed by atoms with Crippen LogP contribution in [-0.4, -0.2) is 6.61 Å². The Morgan fingerprint density at radius 1 is 1.29 bits per heavy atom. The Kier molecular flexibility index (Phi) is 4.05. The van der Waals surface area contributed by atoms with Crippen LogP contribution < -0.4 is 10.5 Å². The quantitative estimate of drug-likeness (QED) is 0.915. The lowest BCUT2D eigenvalue weighted by molar-refractivity contribution is 0.292. The van der Waals surface area contributed by atoms with Gasteiger partial charge in [-0.2, -0.15) is 0 Å². The maximum Gasteiger partial charge on any atom is 0.119 e. The van der Waals surface area contributed by atoms with Crippen molar-refractivity contribution >= 4 is 22.9 Å². The lowest BCUT2D eigenvalue weighted by Gasteiger charge is -2.12. The van der Waals surface area contributed by atoms with Crippen molar-refractivity contribution < 1.29 is 4.74 Å². The van der Waals surface area contributed by atoms with Gasteiger partial charge in [0.15, 0.2) is 0 Å². The van der Waals surface area contributed by atoms with Gasteiger partial charge in [0.05, 0.1) is 6.04 Å². The third-order valence-corrected chi connectivity index (χ3v) is 3.88. The fraction of sp³-hybridized carbons (Fsp3) is 0.231. The minimum absolute atomic E-state index is 0.0781. The van der Waals surface area contributed by atoms with Gasteiger partial charge in [0.2, 0.25) is 0 Å². The fourth-order valence-electron chi connectivity index (χ4n) is 1.56. The van der Waals surface area contributed by atoms with Gasteiger partial charge in [-0.1, -0.05) is 11.6 Å². The lowest BCUT2D eigenvalue weighted by Crippen LogP contribution is -2.18. The molecule has 0 aliphatic rings. The summed E-state index contributed by atoms with van der Waals surface area (Å²) in [5, 5.41) is 2.75. The number of rotatable bonds is 4. The van der Waals surface area contributed by atoms with E-state index in [0.717, 1.165) is 5.75 Å². The maximum atomic E-state index is 6.08. The van der Waals surface area contributed by atoms with Gasteiger partial charge in [-0.25, -0.2) is 0 Å². The molecular weight excluding hydrogens is 254 g/mol. The molecule has 1 atom stereocenters. The molecule has 17 heavy (non-hydrogen) atoms. The molecule has 90 valence electrons. The molecule has 0 bridgehead atoms. The van der Waals surface area contributed by atoms with Crippen LogP contribution in [0, 0.1) is 6.92 Å². The normalized spacial score (nSPS) is 12.4. The van der Waals surface area contributed by atoms with Crippen LogP contribution in [0.5, 0.6) is 5.75 Å².